The standard InChI is InChI=1S/C33H28N4/c1-5-13-22(14-6-1)32(23-15-7-2-8-16-23)28-26-21-27(30(28)34-36-32)29-31(26)35-37-33(29,24-17-9-3-10-18-24)25-19-11-4-12-20-25/h1-20,26-31H,21H2. The molecule has 6 unspecified atom stereocenters. The van der Waals surface area contributed by atoms with Gasteiger partial charge in [-0.15, -0.1) is 0 Å². The third-order valence-corrected chi connectivity index (χ3v) is 9.60. The van der Waals surface area contributed by atoms with Gasteiger partial charge in [0.2, 0.25) is 0 Å². The molecule has 2 bridgehead atoms. The molecule has 0 aromatic heterocycles. The molecule has 4 nitrogen and oxygen atoms in total. The Morgan fingerprint density at radius 3 is 1.03 bits per heavy atom. The molecule has 8 rings (SSSR count). The number of rotatable bonds is 4. The van der Waals surface area contributed by atoms with Gasteiger partial charge in [-0.1, -0.05) is 121 Å². The Labute approximate surface area is 217 Å². The van der Waals surface area contributed by atoms with Gasteiger partial charge in [-0.05, 0) is 40.5 Å². The van der Waals surface area contributed by atoms with Crippen molar-refractivity contribution >= 4 is 0 Å². The van der Waals surface area contributed by atoms with Crippen LogP contribution in [0.3, 0.4) is 0 Å². The lowest BCUT2D eigenvalue weighted by atomic mass is 9.59. The molecule has 2 fully saturated rings. The third kappa shape index (κ3) is 2.68. The van der Waals surface area contributed by atoms with E-state index in [-0.39, 0.29) is 23.9 Å². The van der Waals surface area contributed by atoms with Crippen molar-refractivity contribution in [2.75, 3.05) is 0 Å². The first-order valence-electron chi connectivity index (χ1n) is 13.4. The molecule has 0 N–H and O–H groups in total. The number of hydrogen-bond donors (Lipinski definition) is 0. The molecule has 4 aromatic rings. The number of azo groups is 2. The molecule has 2 heterocycles. The molecule has 2 aliphatic heterocycles. The van der Waals surface area contributed by atoms with Crippen LogP contribution in [-0.2, 0) is 11.1 Å². The number of fused-ring (bicyclic) bond motifs is 8. The van der Waals surface area contributed by atoms with E-state index in [1.165, 1.54) is 22.3 Å². The number of nitrogens with zero attached hydrogens (tertiary/aromatic N) is 4. The molecule has 4 heteroatoms. The zero-order valence-corrected chi connectivity index (χ0v) is 20.5. The summed E-state index contributed by atoms with van der Waals surface area (Å²) in [5.41, 5.74) is 3.97. The SMILES string of the molecule is c1ccc(C2(c3ccccc3)N=NC3C4CC(C5N=NC(c6ccccc6)(c6ccccc6)C45)C32)cc1. The van der Waals surface area contributed by atoms with E-state index >= 15 is 0 Å². The van der Waals surface area contributed by atoms with Crippen LogP contribution in [0.25, 0.3) is 0 Å². The van der Waals surface area contributed by atoms with Gasteiger partial charge in [0.05, 0.1) is 12.1 Å². The zero-order chi connectivity index (χ0) is 24.5. The maximum absolute atomic E-state index is 5.21. The second-order valence-electron chi connectivity index (χ2n) is 11.0. The molecule has 0 spiro atoms. The molecule has 2 saturated carbocycles. The van der Waals surface area contributed by atoms with Crippen molar-refractivity contribution in [1.82, 2.24) is 0 Å². The van der Waals surface area contributed by atoms with Gasteiger partial charge in [0.1, 0.15) is 11.1 Å². The summed E-state index contributed by atoms with van der Waals surface area (Å²) in [5.74, 6) is 1.33. The highest BCUT2D eigenvalue weighted by Crippen LogP contribution is 2.70. The van der Waals surface area contributed by atoms with E-state index in [2.05, 4.69) is 121 Å². The molecule has 180 valence electrons. The molecule has 37 heavy (non-hydrogen) atoms. The quantitative estimate of drug-likeness (QED) is 0.292. The number of hydrogen-bond acceptors (Lipinski definition) is 4. The lowest BCUT2D eigenvalue weighted by molar-refractivity contribution is 0.147. The van der Waals surface area contributed by atoms with Crippen molar-refractivity contribution in [2.45, 2.75) is 29.6 Å². The van der Waals surface area contributed by atoms with Gasteiger partial charge in [0.15, 0.2) is 0 Å². The van der Waals surface area contributed by atoms with Crippen LogP contribution in [0.15, 0.2) is 142 Å². The Balaban J connectivity index is 1.29. The fraction of sp³-hybridized carbons (Fsp3) is 0.273. The number of benzene rings is 4. The molecule has 4 aliphatic rings. The highest BCUT2D eigenvalue weighted by atomic mass is 15.3. The van der Waals surface area contributed by atoms with Gasteiger partial charge < -0.3 is 0 Å². The van der Waals surface area contributed by atoms with E-state index in [9.17, 15) is 0 Å². The Hall–Kier alpha value is -3.92. The van der Waals surface area contributed by atoms with Gasteiger partial charge in [-0.3, -0.25) is 0 Å². The maximum atomic E-state index is 5.21. The third-order valence-electron chi connectivity index (χ3n) is 9.60. The van der Waals surface area contributed by atoms with E-state index < -0.39 is 11.1 Å². The Bertz CT molecular complexity index is 1290. The lowest BCUT2D eigenvalue weighted by Crippen LogP contribution is -2.50. The first-order chi connectivity index (χ1) is 18.3. The zero-order valence-electron chi connectivity index (χ0n) is 20.5. The molecule has 6 atom stereocenters. The largest absolute Gasteiger partial charge is 0.189 e. The molecular formula is C33H28N4. The first kappa shape index (κ1) is 21.2. The van der Waals surface area contributed by atoms with Crippen LogP contribution < -0.4 is 0 Å². The van der Waals surface area contributed by atoms with Crippen LogP contribution in [0.4, 0.5) is 0 Å². The van der Waals surface area contributed by atoms with E-state index in [0.29, 0.717) is 11.8 Å². The van der Waals surface area contributed by atoms with Gasteiger partial charge >= 0.3 is 0 Å². The van der Waals surface area contributed by atoms with Gasteiger partial charge in [-0.2, -0.15) is 20.5 Å². The first-order valence-corrected chi connectivity index (χ1v) is 13.4. The Kier molecular flexibility index (Phi) is 4.46. The average molecular weight is 481 g/mol. The van der Waals surface area contributed by atoms with E-state index in [4.69, 9.17) is 20.5 Å². The van der Waals surface area contributed by atoms with Crippen molar-refractivity contribution in [3.8, 4) is 0 Å². The Morgan fingerprint density at radius 2 is 0.730 bits per heavy atom. The fourth-order valence-corrected chi connectivity index (χ4v) is 8.33. The van der Waals surface area contributed by atoms with Crippen molar-refractivity contribution in [3.63, 3.8) is 0 Å². The average Bonchev–Trinajstić information content (AvgIpc) is 3.74. The highest BCUT2D eigenvalue weighted by molar-refractivity contribution is 5.47. The lowest BCUT2D eigenvalue weighted by Gasteiger charge is -2.43. The highest BCUT2D eigenvalue weighted by Gasteiger charge is 2.72. The summed E-state index contributed by atoms with van der Waals surface area (Å²) in [4.78, 5) is 0. The van der Waals surface area contributed by atoms with Crippen molar-refractivity contribution < 1.29 is 0 Å². The Morgan fingerprint density at radius 1 is 0.432 bits per heavy atom. The summed E-state index contributed by atoms with van der Waals surface area (Å²) in [5, 5.41) is 20.7. The predicted octanol–water partition coefficient (Wildman–Crippen LogP) is 7.42. The van der Waals surface area contributed by atoms with E-state index in [1.807, 2.05) is 0 Å². The minimum atomic E-state index is -0.474. The molecule has 0 amide bonds. The summed E-state index contributed by atoms with van der Waals surface area (Å²) >= 11 is 0. The van der Waals surface area contributed by atoms with Crippen LogP contribution in [-0.4, -0.2) is 12.1 Å². The molecule has 2 aliphatic carbocycles. The maximum Gasteiger partial charge on any atom is 0.137 e. The summed E-state index contributed by atoms with van der Waals surface area (Å²) in [6.45, 7) is 0. The van der Waals surface area contributed by atoms with Gasteiger partial charge in [0.25, 0.3) is 0 Å². The molecule has 4 aromatic carbocycles. The fourth-order valence-electron chi connectivity index (χ4n) is 8.33. The van der Waals surface area contributed by atoms with Gasteiger partial charge in [-0.25, -0.2) is 0 Å². The second-order valence-corrected chi connectivity index (χ2v) is 11.0. The summed E-state index contributed by atoms with van der Waals surface area (Å²) in [6.07, 6.45) is 1.13. The molecule has 0 saturated heterocycles. The van der Waals surface area contributed by atoms with Crippen molar-refractivity contribution in [1.29, 1.82) is 0 Å². The van der Waals surface area contributed by atoms with Crippen LogP contribution in [0.5, 0.6) is 0 Å². The molecule has 0 radical (unpaired) electrons. The van der Waals surface area contributed by atoms with E-state index in [1.54, 1.807) is 0 Å². The van der Waals surface area contributed by atoms with Crippen LogP contribution >= 0.6 is 0 Å². The summed E-state index contributed by atoms with van der Waals surface area (Å²) < 4.78 is 0. The topological polar surface area (TPSA) is 49.4 Å². The van der Waals surface area contributed by atoms with Gasteiger partial charge in [0, 0.05) is 11.8 Å². The normalized spacial score (nSPS) is 31.4. The van der Waals surface area contributed by atoms with Crippen molar-refractivity contribution in [2.24, 2.45) is 44.1 Å². The summed E-state index contributed by atoms with van der Waals surface area (Å²) in [7, 11) is 0. The smallest absolute Gasteiger partial charge is 0.137 e. The predicted molar refractivity (Wildman–Crippen MR) is 143 cm³/mol. The molecular weight excluding hydrogens is 452 g/mol. The van der Waals surface area contributed by atoms with Crippen LogP contribution in [0.1, 0.15) is 28.7 Å². The summed E-state index contributed by atoms with van der Waals surface area (Å²) in [6, 6.07) is 43.5. The minimum absolute atomic E-state index is 0.168. The van der Waals surface area contributed by atoms with Crippen LogP contribution in [0.2, 0.25) is 0 Å². The minimum Gasteiger partial charge on any atom is -0.189 e. The van der Waals surface area contributed by atoms with E-state index in [0.717, 1.165) is 6.42 Å². The van der Waals surface area contributed by atoms with Crippen molar-refractivity contribution in [3.05, 3.63) is 144 Å². The monoisotopic (exact) mass is 480 g/mol. The second kappa shape index (κ2) is 7.79. The van der Waals surface area contributed by atoms with Crippen LogP contribution in [0, 0.1) is 23.7 Å².